The molecule has 2 aromatic heterocycles. The first-order valence-electron chi connectivity index (χ1n) is 10.1. The van der Waals surface area contributed by atoms with Crippen LogP contribution in [0.4, 0.5) is 11.5 Å². The molecule has 1 aliphatic carbocycles. The molecule has 2 heterocycles. The number of nitrogens with zero attached hydrogens (tertiary/aromatic N) is 2. The Morgan fingerprint density at radius 2 is 1.74 bits per heavy atom. The van der Waals surface area contributed by atoms with Crippen LogP contribution in [0, 0.1) is 5.92 Å². The summed E-state index contributed by atoms with van der Waals surface area (Å²) in [6, 6.07) is 20.5. The van der Waals surface area contributed by atoms with Gasteiger partial charge in [-0.05, 0) is 65.8 Å². The van der Waals surface area contributed by atoms with Crippen molar-refractivity contribution in [1.82, 2.24) is 9.97 Å². The molecule has 0 spiro atoms. The lowest BCUT2D eigenvalue weighted by Crippen LogP contribution is -2.14. The maximum absolute atomic E-state index is 12.7. The second kappa shape index (κ2) is 7.99. The van der Waals surface area contributed by atoms with E-state index >= 15 is 0 Å². The molecule has 1 fully saturated rings. The van der Waals surface area contributed by atoms with E-state index in [9.17, 15) is 9.59 Å². The Labute approximate surface area is 179 Å². The molecule has 0 aliphatic heterocycles. The van der Waals surface area contributed by atoms with E-state index in [1.807, 2.05) is 42.5 Å². The van der Waals surface area contributed by atoms with Gasteiger partial charge in [0.1, 0.15) is 5.82 Å². The molecule has 1 saturated carbocycles. The van der Waals surface area contributed by atoms with Gasteiger partial charge in [-0.15, -0.1) is 0 Å². The van der Waals surface area contributed by atoms with Crippen LogP contribution >= 0.6 is 0 Å². The van der Waals surface area contributed by atoms with Gasteiger partial charge in [0.25, 0.3) is 5.91 Å². The van der Waals surface area contributed by atoms with Crippen LogP contribution in [0.5, 0.6) is 0 Å². The normalized spacial score (nSPS) is 17.2. The number of aromatic nitrogens is 2. The molecular formula is C25H20N4O2. The van der Waals surface area contributed by atoms with Crippen LogP contribution in [-0.4, -0.2) is 21.8 Å². The fourth-order valence-electron chi connectivity index (χ4n) is 3.76. The van der Waals surface area contributed by atoms with Crippen LogP contribution in [-0.2, 0) is 4.79 Å². The highest BCUT2D eigenvalue weighted by Crippen LogP contribution is 2.48. The summed E-state index contributed by atoms with van der Waals surface area (Å²) in [4.78, 5) is 33.2. The Morgan fingerprint density at radius 3 is 2.55 bits per heavy atom. The molecule has 152 valence electrons. The molecule has 31 heavy (non-hydrogen) atoms. The van der Waals surface area contributed by atoms with Crippen molar-refractivity contribution < 1.29 is 9.59 Å². The molecule has 5 rings (SSSR count). The average Bonchev–Trinajstić information content (AvgIpc) is 3.61. The van der Waals surface area contributed by atoms with Gasteiger partial charge in [-0.1, -0.05) is 24.3 Å². The average molecular weight is 408 g/mol. The van der Waals surface area contributed by atoms with E-state index in [0.717, 1.165) is 28.4 Å². The Morgan fingerprint density at radius 1 is 0.871 bits per heavy atom. The fraction of sp³-hybridized carbons (Fsp3) is 0.120. The number of amides is 2. The molecule has 2 N–H and O–H groups in total. The van der Waals surface area contributed by atoms with Crippen LogP contribution in [0.15, 0.2) is 85.3 Å². The second-order valence-corrected chi connectivity index (χ2v) is 7.67. The molecule has 1 aliphatic rings. The van der Waals surface area contributed by atoms with Gasteiger partial charge in [0, 0.05) is 41.1 Å². The number of rotatable bonds is 5. The van der Waals surface area contributed by atoms with Crippen molar-refractivity contribution >= 4 is 34.1 Å². The molecule has 2 atom stereocenters. The first-order valence-corrected chi connectivity index (χ1v) is 10.1. The predicted octanol–water partition coefficient (Wildman–Crippen LogP) is 4.62. The van der Waals surface area contributed by atoms with Crippen molar-refractivity contribution in [3.05, 3.63) is 96.4 Å². The topological polar surface area (TPSA) is 84.0 Å². The van der Waals surface area contributed by atoms with E-state index in [0.29, 0.717) is 11.4 Å². The number of benzene rings is 2. The Balaban J connectivity index is 1.21. The number of carbonyl (C=O) groups is 2. The zero-order valence-electron chi connectivity index (χ0n) is 16.7. The van der Waals surface area contributed by atoms with Crippen molar-refractivity contribution in [3.8, 4) is 0 Å². The molecule has 0 radical (unpaired) electrons. The van der Waals surface area contributed by atoms with Gasteiger partial charge in [0.05, 0.1) is 0 Å². The fourth-order valence-corrected chi connectivity index (χ4v) is 3.76. The van der Waals surface area contributed by atoms with E-state index in [4.69, 9.17) is 0 Å². The summed E-state index contributed by atoms with van der Waals surface area (Å²) >= 11 is 0. The highest BCUT2D eigenvalue weighted by molar-refractivity contribution is 6.03. The van der Waals surface area contributed by atoms with Crippen LogP contribution in [0.2, 0.25) is 0 Å². The highest BCUT2D eigenvalue weighted by Gasteiger charge is 2.43. The lowest BCUT2D eigenvalue weighted by atomic mass is 10.1. The zero-order valence-corrected chi connectivity index (χ0v) is 16.7. The smallest absolute Gasteiger partial charge is 0.256 e. The number of hydrogen-bond acceptors (Lipinski definition) is 4. The largest absolute Gasteiger partial charge is 0.326 e. The van der Waals surface area contributed by atoms with Crippen LogP contribution in [0.3, 0.4) is 0 Å². The van der Waals surface area contributed by atoms with Crippen molar-refractivity contribution in [2.45, 2.75) is 12.3 Å². The van der Waals surface area contributed by atoms with Gasteiger partial charge >= 0.3 is 0 Å². The standard InChI is InChI=1S/C25H20N4O2/c30-24(29-23-3-1-2-11-27-23)17-6-4-16(5-7-17)21-14-22(21)25(31)28-20-9-8-19-15-26-12-10-18(19)13-20/h1-13,15,21-22H,14H2,(H,28,31)(H,27,29,30)/t21-,22+/m0/s1. The molecule has 0 saturated heterocycles. The number of nitrogens with one attached hydrogen (secondary N) is 2. The quantitative estimate of drug-likeness (QED) is 0.505. The number of anilines is 2. The van der Waals surface area contributed by atoms with E-state index in [1.54, 1.807) is 42.9 Å². The van der Waals surface area contributed by atoms with Gasteiger partial charge in [-0.2, -0.15) is 0 Å². The monoisotopic (exact) mass is 408 g/mol. The summed E-state index contributed by atoms with van der Waals surface area (Å²) < 4.78 is 0. The Bertz CT molecular complexity index is 1260. The Kier molecular flexibility index (Phi) is 4.88. The van der Waals surface area contributed by atoms with Gasteiger partial charge in [0.15, 0.2) is 0 Å². The third-order valence-corrected chi connectivity index (χ3v) is 5.54. The number of carbonyl (C=O) groups excluding carboxylic acids is 2. The van der Waals surface area contributed by atoms with Crippen LogP contribution in [0.25, 0.3) is 10.8 Å². The van der Waals surface area contributed by atoms with Crippen molar-refractivity contribution in [2.24, 2.45) is 5.92 Å². The first-order chi connectivity index (χ1) is 15.2. The number of pyridine rings is 2. The summed E-state index contributed by atoms with van der Waals surface area (Å²) in [6.07, 6.45) is 5.98. The summed E-state index contributed by atoms with van der Waals surface area (Å²) in [7, 11) is 0. The zero-order chi connectivity index (χ0) is 21.2. The minimum absolute atomic E-state index is 0.0235. The highest BCUT2D eigenvalue weighted by atomic mass is 16.2. The van der Waals surface area contributed by atoms with Gasteiger partial charge in [-0.25, -0.2) is 4.98 Å². The molecular weight excluding hydrogens is 388 g/mol. The molecule has 6 nitrogen and oxygen atoms in total. The lowest BCUT2D eigenvalue weighted by Gasteiger charge is -2.07. The summed E-state index contributed by atoms with van der Waals surface area (Å²) in [5.74, 6) is 0.455. The van der Waals surface area contributed by atoms with E-state index in [2.05, 4.69) is 20.6 Å². The minimum Gasteiger partial charge on any atom is -0.326 e. The number of hydrogen-bond donors (Lipinski definition) is 2. The Hall–Kier alpha value is -4.06. The predicted molar refractivity (Wildman–Crippen MR) is 120 cm³/mol. The molecule has 4 aromatic rings. The van der Waals surface area contributed by atoms with Gasteiger partial charge < -0.3 is 10.6 Å². The van der Waals surface area contributed by atoms with Crippen LogP contribution < -0.4 is 10.6 Å². The minimum atomic E-state index is -0.207. The van der Waals surface area contributed by atoms with Gasteiger partial charge in [-0.3, -0.25) is 14.6 Å². The summed E-state index contributed by atoms with van der Waals surface area (Å²) in [5, 5.41) is 7.87. The molecule has 2 amide bonds. The summed E-state index contributed by atoms with van der Waals surface area (Å²) in [6.45, 7) is 0. The van der Waals surface area contributed by atoms with E-state index in [-0.39, 0.29) is 23.7 Å². The maximum Gasteiger partial charge on any atom is 0.256 e. The lowest BCUT2D eigenvalue weighted by molar-refractivity contribution is -0.117. The van der Waals surface area contributed by atoms with Crippen molar-refractivity contribution in [3.63, 3.8) is 0 Å². The van der Waals surface area contributed by atoms with Gasteiger partial charge in [0.2, 0.25) is 5.91 Å². The van der Waals surface area contributed by atoms with E-state index < -0.39 is 0 Å². The molecule has 0 bridgehead atoms. The SMILES string of the molecule is O=C(Nc1ccccn1)c1ccc([C@@H]2C[C@H]2C(=O)Nc2ccc3cnccc3c2)cc1. The van der Waals surface area contributed by atoms with Crippen molar-refractivity contribution in [2.75, 3.05) is 10.6 Å². The van der Waals surface area contributed by atoms with E-state index in [1.165, 1.54) is 0 Å². The molecule has 0 unspecified atom stereocenters. The maximum atomic E-state index is 12.7. The molecule has 6 heteroatoms. The number of fused-ring (bicyclic) bond motifs is 1. The third kappa shape index (κ3) is 4.14. The summed E-state index contributed by atoms with van der Waals surface area (Å²) in [5.41, 5.74) is 2.41. The van der Waals surface area contributed by atoms with Crippen molar-refractivity contribution in [1.29, 1.82) is 0 Å². The second-order valence-electron chi connectivity index (χ2n) is 7.67. The molecule has 2 aromatic carbocycles. The first kappa shape index (κ1) is 18.9. The van der Waals surface area contributed by atoms with Crippen LogP contribution in [0.1, 0.15) is 28.3 Å². The third-order valence-electron chi connectivity index (χ3n) is 5.54.